The molecule has 0 aliphatic carbocycles. The van der Waals surface area contributed by atoms with Gasteiger partial charge in [0.2, 0.25) is 0 Å². The van der Waals surface area contributed by atoms with Crippen molar-refractivity contribution in [2.24, 2.45) is 7.05 Å². The van der Waals surface area contributed by atoms with Gasteiger partial charge < -0.3 is 19.1 Å². The maximum atomic E-state index is 13.5. The van der Waals surface area contributed by atoms with Gasteiger partial charge in [-0.3, -0.25) is 9.69 Å². The lowest BCUT2D eigenvalue weighted by Gasteiger charge is -2.44. The number of likely N-dealkylation sites (tertiary alicyclic amines) is 1. The number of carboxylic acid groups (broad SMARTS) is 1. The zero-order valence-electron chi connectivity index (χ0n) is 22.7. The van der Waals surface area contributed by atoms with E-state index in [0.717, 1.165) is 4.57 Å². The number of halogens is 3. The van der Waals surface area contributed by atoms with Gasteiger partial charge in [0.05, 0.1) is 22.8 Å². The van der Waals surface area contributed by atoms with Gasteiger partial charge in [-0.25, -0.2) is 14.8 Å². The Balaban J connectivity index is 1.49. The lowest BCUT2D eigenvalue weighted by molar-refractivity contribution is -0.139. The predicted octanol–water partition coefficient (Wildman–Crippen LogP) is 5.54. The van der Waals surface area contributed by atoms with Crippen molar-refractivity contribution in [3.05, 3.63) is 48.2 Å². The quantitative estimate of drug-likeness (QED) is 0.356. The summed E-state index contributed by atoms with van der Waals surface area (Å²) in [7, 11) is 1.72. The molecule has 0 bridgehead atoms. The Morgan fingerprint density at radius 3 is 2.58 bits per heavy atom. The highest BCUT2D eigenvalue weighted by molar-refractivity contribution is 5.98. The second-order valence-electron chi connectivity index (χ2n) is 11.2. The van der Waals surface area contributed by atoms with Gasteiger partial charge in [0.1, 0.15) is 12.2 Å². The second kappa shape index (κ2) is 9.83. The first-order valence-corrected chi connectivity index (χ1v) is 13.0. The summed E-state index contributed by atoms with van der Waals surface area (Å²) in [5.74, 6) is 0.0793. The highest BCUT2D eigenvalue weighted by Gasteiger charge is 2.37. The number of aryl methyl sites for hydroxylation is 1. The molecule has 1 N–H and O–H groups in total. The summed E-state index contributed by atoms with van der Waals surface area (Å²) in [6.45, 7) is 5.06. The molecular formula is C28H31F3N6O3. The smallest absolute Gasteiger partial charge is 0.408 e. The van der Waals surface area contributed by atoms with E-state index in [2.05, 4.69) is 9.97 Å². The maximum Gasteiger partial charge on any atom is 0.408 e. The van der Waals surface area contributed by atoms with Crippen LogP contribution in [-0.2, 0) is 13.6 Å². The molecule has 4 heterocycles. The minimum Gasteiger partial charge on any atom is -0.465 e. The van der Waals surface area contributed by atoms with Crippen LogP contribution in [0.5, 0.6) is 0 Å². The Labute approximate surface area is 228 Å². The minimum atomic E-state index is -4.46. The summed E-state index contributed by atoms with van der Waals surface area (Å²) < 4.78 is 43.3. The van der Waals surface area contributed by atoms with Crippen LogP contribution in [0.3, 0.4) is 0 Å². The fraction of sp³-hybridized carbons (Fsp3) is 0.429. The first-order valence-electron chi connectivity index (χ1n) is 13.0. The third-order valence-corrected chi connectivity index (χ3v) is 7.33. The molecule has 1 aliphatic heterocycles. The SMILES string of the molecule is Cn1c(-c2cc3cccnc3n2CC(F)(F)F)nc2cc(C(=O)N3CCCC(N(C(=O)O)C(C)(C)C)C3)ccc21. The number of piperidine rings is 1. The topological polar surface area (TPSA) is 96.5 Å². The van der Waals surface area contributed by atoms with Crippen LogP contribution in [0.25, 0.3) is 33.6 Å². The van der Waals surface area contributed by atoms with Crippen LogP contribution in [0.15, 0.2) is 42.6 Å². The van der Waals surface area contributed by atoms with Crippen molar-refractivity contribution in [1.82, 2.24) is 28.9 Å². The minimum absolute atomic E-state index is 0.211. The Morgan fingerprint density at radius 2 is 1.90 bits per heavy atom. The molecular weight excluding hydrogens is 525 g/mol. The van der Waals surface area contributed by atoms with E-state index in [4.69, 9.17) is 0 Å². The number of fused-ring (bicyclic) bond motifs is 2. The summed E-state index contributed by atoms with van der Waals surface area (Å²) in [5.41, 5.74) is 1.37. The fourth-order valence-corrected chi connectivity index (χ4v) is 5.70. The molecule has 9 nitrogen and oxygen atoms in total. The number of benzene rings is 1. The largest absolute Gasteiger partial charge is 0.465 e. The highest BCUT2D eigenvalue weighted by Crippen LogP contribution is 2.32. The van der Waals surface area contributed by atoms with Crippen molar-refractivity contribution < 1.29 is 27.9 Å². The van der Waals surface area contributed by atoms with Crippen LogP contribution < -0.4 is 0 Å². The molecule has 0 spiro atoms. The molecule has 0 radical (unpaired) electrons. The van der Waals surface area contributed by atoms with E-state index in [1.54, 1.807) is 52.9 Å². The molecule has 1 aromatic carbocycles. The number of hydrogen-bond acceptors (Lipinski definition) is 4. The highest BCUT2D eigenvalue weighted by atomic mass is 19.4. The summed E-state index contributed by atoms with van der Waals surface area (Å²) in [6, 6.07) is 9.72. The maximum absolute atomic E-state index is 13.5. The molecule has 1 aliphatic rings. The zero-order chi connectivity index (χ0) is 29.0. The fourth-order valence-electron chi connectivity index (χ4n) is 5.70. The molecule has 2 amide bonds. The van der Waals surface area contributed by atoms with Crippen molar-refractivity contribution >= 4 is 34.1 Å². The number of rotatable bonds is 4. The molecule has 4 aromatic rings. The van der Waals surface area contributed by atoms with Crippen LogP contribution >= 0.6 is 0 Å². The number of carbonyl (C=O) groups is 2. The molecule has 3 aromatic heterocycles. The monoisotopic (exact) mass is 556 g/mol. The Kier molecular flexibility index (Phi) is 6.75. The number of pyridine rings is 1. The van der Waals surface area contributed by atoms with E-state index in [-0.39, 0.29) is 29.8 Å². The molecule has 40 heavy (non-hydrogen) atoms. The number of carbonyl (C=O) groups excluding carboxylic acids is 1. The molecule has 5 rings (SSSR count). The summed E-state index contributed by atoms with van der Waals surface area (Å²) >= 11 is 0. The molecule has 1 unspecified atom stereocenters. The van der Waals surface area contributed by atoms with Gasteiger partial charge in [0, 0.05) is 42.8 Å². The van der Waals surface area contributed by atoms with Gasteiger partial charge in [0.25, 0.3) is 5.91 Å². The third-order valence-electron chi connectivity index (χ3n) is 7.33. The van der Waals surface area contributed by atoms with Gasteiger partial charge >= 0.3 is 12.3 Å². The lowest BCUT2D eigenvalue weighted by Crippen LogP contribution is -2.57. The number of hydrogen-bond donors (Lipinski definition) is 1. The first kappa shape index (κ1) is 27.5. The summed E-state index contributed by atoms with van der Waals surface area (Å²) in [6.07, 6.45) is -2.69. The van der Waals surface area contributed by atoms with E-state index in [1.807, 2.05) is 20.8 Å². The molecule has 1 atom stereocenters. The van der Waals surface area contributed by atoms with Crippen LogP contribution in [0.4, 0.5) is 18.0 Å². The summed E-state index contributed by atoms with van der Waals surface area (Å²) in [5, 5.41) is 10.4. The van der Waals surface area contributed by atoms with E-state index >= 15 is 0 Å². The van der Waals surface area contributed by atoms with Crippen molar-refractivity contribution in [3.8, 4) is 11.5 Å². The standard InChI is InChI=1S/C28H31F3N6O3/c1-27(2,3)37(26(39)40)19-8-6-12-35(15-19)25(38)18-9-10-21-20(13-18)33-24(34(21)4)22-14-17-7-5-11-32-23(17)36(22)16-28(29,30)31/h5,7,9-11,13-14,19H,6,8,12,15-16H2,1-4H3,(H,39,40). The molecule has 212 valence electrons. The predicted molar refractivity (Wildman–Crippen MR) is 144 cm³/mol. The Bertz CT molecular complexity index is 1600. The van der Waals surface area contributed by atoms with Gasteiger partial charge in [0.15, 0.2) is 5.82 Å². The zero-order valence-corrected chi connectivity index (χ0v) is 22.7. The van der Waals surface area contributed by atoms with E-state index in [9.17, 15) is 27.9 Å². The van der Waals surface area contributed by atoms with E-state index in [0.29, 0.717) is 47.2 Å². The van der Waals surface area contributed by atoms with Crippen LogP contribution in [0.2, 0.25) is 0 Å². The van der Waals surface area contributed by atoms with Crippen molar-refractivity contribution in [2.45, 2.75) is 57.9 Å². The Morgan fingerprint density at radius 1 is 1.15 bits per heavy atom. The molecule has 0 saturated carbocycles. The third kappa shape index (κ3) is 5.09. The average molecular weight is 557 g/mol. The van der Waals surface area contributed by atoms with Gasteiger partial charge in [-0.05, 0) is 70.0 Å². The molecule has 12 heteroatoms. The number of amides is 2. The van der Waals surface area contributed by atoms with Crippen molar-refractivity contribution in [3.63, 3.8) is 0 Å². The number of aromatic nitrogens is 4. The summed E-state index contributed by atoms with van der Waals surface area (Å²) in [4.78, 5) is 37.4. The number of nitrogens with zero attached hydrogens (tertiary/aromatic N) is 6. The van der Waals surface area contributed by atoms with Crippen LogP contribution in [0.1, 0.15) is 44.0 Å². The van der Waals surface area contributed by atoms with E-state index < -0.39 is 24.4 Å². The average Bonchev–Trinajstić information content (AvgIpc) is 3.38. The second-order valence-corrected chi connectivity index (χ2v) is 11.2. The van der Waals surface area contributed by atoms with Gasteiger partial charge in [-0.2, -0.15) is 13.2 Å². The van der Waals surface area contributed by atoms with Crippen LogP contribution in [-0.4, -0.2) is 76.9 Å². The van der Waals surface area contributed by atoms with Crippen molar-refractivity contribution in [1.29, 1.82) is 0 Å². The lowest BCUT2D eigenvalue weighted by atomic mass is 9.97. The molecule has 1 saturated heterocycles. The molecule has 1 fully saturated rings. The first-order chi connectivity index (χ1) is 18.7. The van der Waals surface area contributed by atoms with E-state index in [1.165, 1.54) is 11.1 Å². The normalized spacial score (nSPS) is 16.6. The van der Waals surface area contributed by atoms with Crippen molar-refractivity contribution in [2.75, 3.05) is 13.1 Å². The number of alkyl halides is 3. The number of imidazole rings is 1. The van der Waals surface area contributed by atoms with Gasteiger partial charge in [-0.1, -0.05) is 0 Å². The van der Waals surface area contributed by atoms with Crippen LogP contribution in [0, 0.1) is 0 Å². The van der Waals surface area contributed by atoms with Gasteiger partial charge in [-0.15, -0.1) is 0 Å². The Hall–Kier alpha value is -4.09.